The van der Waals surface area contributed by atoms with Crippen molar-refractivity contribution in [2.45, 2.75) is 0 Å². The largest absolute Gasteiger partial charge is 0.321 e. The Morgan fingerprint density at radius 3 is 2.70 bits per heavy atom. The molecule has 0 saturated heterocycles. The van der Waals surface area contributed by atoms with Gasteiger partial charge in [-0.15, -0.1) is 0 Å². The zero-order chi connectivity index (χ0) is 13.9. The van der Waals surface area contributed by atoms with Gasteiger partial charge in [0.1, 0.15) is 4.60 Å². The molecule has 0 atom stereocenters. The highest BCUT2D eigenvalue weighted by atomic mass is 79.9. The van der Waals surface area contributed by atoms with E-state index in [9.17, 15) is 4.79 Å². The lowest BCUT2D eigenvalue weighted by molar-refractivity contribution is 0.102. The predicted octanol–water partition coefficient (Wildman–Crippen LogP) is 3.64. The number of para-hydroxylation sites is 1. The molecule has 0 radical (unpaired) electrons. The molecule has 1 aromatic carbocycles. The molecule has 0 aliphatic heterocycles. The summed E-state index contributed by atoms with van der Waals surface area (Å²) in [6.07, 6.45) is 3.28. The molecule has 0 fully saturated rings. The van der Waals surface area contributed by atoms with Crippen molar-refractivity contribution in [2.75, 3.05) is 5.32 Å². The number of carbonyl (C=O) groups is 1. The van der Waals surface area contributed by atoms with Gasteiger partial charge in [-0.25, -0.2) is 4.98 Å². The first-order chi connectivity index (χ1) is 9.74. The fraction of sp³-hybridized carbons (Fsp3) is 0. The number of halogens is 1. The van der Waals surface area contributed by atoms with Gasteiger partial charge in [0.05, 0.1) is 23.0 Å². The Morgan fingerprint density at radius 2 is 1.90 bits per heavy atom. The van der Waals surface area contributed by atoms with Crippen LogP contribution in [-0.4, -0.2) is 15.9 Å². The Balaban J connectivity index is 1.94. The van der Waals surface area contributed by atoms with E-state index in [1.54, 1.807) is 30.6 Å². The Hall–Kier alpha value is -2.27. The van der Waals surface area contributed by atoms with E-state index in [2.05, 4.69) is 31.2 Å². The van der Waals surface area contributed by atoms with Crippen molar-refractivity contribution in [3.63, 3.8) is 0 Å². The van der Waals surface area contributed by atoms with Crippen molar-refractivity contribution in [3.8, 4) is 0 Å². The van der Waals surface area contributed by atoms with Gasteiger partial charge in [0, 0.05) is 11.6 Å². The highest BCUT2D eigenvalue weighted by molar-refractivity contribution is 9.10. The molecule has 4 nitrogen and oxygen atoms in total. The smallest absolute Gasteiger partial charge is 0.257 e. The normalized spacial score (nSPS) is 10.4. The van der Waals surface area contributed by atoms with Crippen molar-refractivity contribution >= 4 is 38.4 Å². The van der Waals surface area contributed by atoms with Gasteiger partial charge in [0.25, 0.3) is 5.91 Å². The number of amides is 1. The maximum atomic E-state index is 12.3. The number of nitrogens with one attached hydrogen (secondary N) is 1. The lowest BCUT2D eigenvalue weighted by atomic mass is 10.1. The van der Waals surface area contributed by atoms with Crippen LogP contribution in [0.2, 0.25) is 0 Å². The molecule has 1 amide bonds. The van der Waals surface area contributed by atoms with E-state index >= 15 is 0 Å². The molecule has 3 rings (SSSR count). The topological polar surface area (TPSA) is 54.9 Å². The molecule has 0 saturated carbocycles. The summed E-state index contributed by atoms with van der Waals surface area (Å²) in [5, 5.41) is 3.75. The second-order valence-electron chi connectivity index (χ2n) is 4.20. The number of anilines is 1. The van der Waals surface area contributed by atoms with Crippen LogP contribution in [0, 0.1) is 0 Å². The van der Waals surface area contributed by atoms with Gasteiger partial charge in [-0.3, -0.25) is 9.78 Å². The first kappa shape index (κ1) is 12.7. The van der Waals surface area contributed by atoms with E-state index in [4.69, 9.17) is 0 Å². The summed E-state index contributed by atoms with van der Waals surface area (Å²) in [7, 11) is 0. The number of fused-ring (bicyclic) bond motifs is 1. The average Bonchev–Trinajstić information content (AvgIpc) is 2.49. The molecule has 0 spiro atoms. The van der Waals surface area contributed by atoms with Gasteiger partial charge >= 0.3 is 0 Å². The molecular weight excluding hydrogens is 318 g/mol. The van der Waals surface area contributed by atoms with E-state index < -0.39 is 0 Å². The average molecular weight is 328 g/mol. The van der Waals surface area contributed by atoms with E-state index in [-0.39, 0.29) is 5.91 Å². The van der Waals surface area contributed by atoms with Crippen LogP contribution in [0.3, 0.4) is 0 Å². The summed E-state index contributed by atoms with van der Waals surface area (Å²) in [4.78, 5) is 20.7. The minimum absolute atomic E-state index is 0.196. The van der Waals surface area contributed by atoms with Gasteiger partial charge in [-0.05, 0) is 40.2 Å². The van der Waals surface area contributed by atoms with Crippen LogP contribution in [0.15, 0.2) is 59.5 Å². The molecular formula is C15H10BrN3O. The van der Waals surface area contributed by atoms with Crippen molar-refractivity contribution in [1.82, 2.24) is 9.97 Å². The number of pyridine rings is 2. The van der Waals surface area contributed by atoms with E-state index in [1.165, 1.54) is 0 Å². The molecule has 5 heteroatoms. The van der Waals surface area contributed by atoms with Crippen molar-refractivity contribution in [2.24, 2.45) is 0 Å². The molecule has 0 unspecified atom stereocenters. The van der Waals surface area contributed by atoms with Gasteiger partial charge in [-0.1, -0.05) is 18.2 Å². The van der Waals surface area contributed by atoms with Gasteiger partial charge in [0.15, 0.2) is 0 Å². The maximum absolute atomic E-state index is 12.3. The Kier molecular flexibility index (Phi) is 3.43. The SMILES string of the molecule is O=C(Nc1ccc(Br)nc1)c1cccc2cccnc12. The van der Waals surface area contributed by atoms with Crippen molar-refractivity contribution < 1.29 is 4.79 Å². The molecule has 98 valence electrons. The van der Waals surface area contributed by atoms with Gasteiger partial charge < -0.3 is 5.32 Å². The van der Waals surface area contributed by atoms with E-state index in [1.807, 2.05) is 24.3 Å². The highest BCUT2D eigenvalue weighted by Gasteiger charge is 2.11. The highest BCUT2D eigenvalue weighted by Crippen LogP contribution is 2.18. The fourth-order valence-corrected chi connectivity index (χ4v) is 2.17. The standard InChI is InChI=1S/C15H10BrN3O/c16-13-7-6-11(9-18-13)19-15(20)12-5-1-3-10-4-2-8-17-14(10)12/h1-9H,(H,19,20). The summed E-state index contributed by atoms with van der Waals surface area (Å²) >= 11 is 3.26. The van der Waals surface area contributed by atoms with Crippen LogP contribution in [0.25, 0.3) is 10.9 Å². The summed E-state index contributed by atoms with van der Waals surface area (Å²) in [5.41, 5.74) is 1.88. The quantitative estimate of drug-likeness (QED) is 0.731. The van der Waals surface area contributed by atoms with Crippen molar-refractivity contribution in [3.05, 3.63) is 65.0 Å². The Bertz CT molecular complexity index is 766. The monoisotopic (exact) mass is 327 g/mol. The second-order valence-corrected chi connectivity index (χ2v) is 5.02. The minimum atomic E-state index is -0.196. The molecule has 2 heterocycles. The molecule has 0 bridgehead atoms. The maximum Gasteiger partial charge on any atom is 0.257 e. The molecule has 3 aromatic rings. The summed E-state index contributed by atoms with van der Waals surface area (Å²) in [6, 6.07) is 12.9. The van der Waals surface area contributed by atoms with Gasteiger partial charge in [-0.2, -0.15) is 0 Å². The molecule has 1 N–H and O–H groups in total. The molecule has 0 aliphatic carbocycles. The number of nitrogens with zero attached hydrogens (tertiary/aromatic N) is 2. The molecule has 2 aromatic heterocycles. The van der Waals surface area contributed by atoms with Crippen LogP contribution in [-0.2, 0) is 0 Å². The number of carbonyl (C=O) groups excluding carboxylic acids is 1. The third-order valence-electron chi connectivity index (χ3n) is 2.86. The lowest BCUT2D eigenvalue weighted by Gasteiger charge is -2.07. The summed E-state index contributed by atoms with van der Waals surface area (Å²) < 4.78 is 0.724. The summed E-state index contributed by atoms with van der Waals surface area (Å²) in [5.74, 6) is -0.196. The van der Waals surface area contributed by atoms with Crippen LogP contribution in [0.5, 0.6) is 0 Å². The minimum Gasteiger partial charge on any atom is -0.321 e. The van der Waals surface area contributed by atoms with Crippen LogP contribution in [0.1, 0.15) is 10.4 Å². The fourth-order valence-electron chi connectivity index (χ4n) is 1.94. The Morgan fingerprint density at radius 1 is 1.05 bits per heavy atom. The number of rotatable bonds is 2. The zero-order valence-corrected chi connectivity index (χ0v) is 12.0. The Labute approximate surface area is 124 Å². The lowest BCUT2D eigenvalue weighted by Crippen LogP contribution is -2.12. The third-order valence-corrected chi connectivity index (χ3v) is 3.33. The zero-order valence-electron chi connectivity index (χ0n) is 10.4. The van der Waals surface area contributed by atoms with Crippen LogP contribution >= 0.6 is 15.9 Å². The van der Waals surface area contributed by atoms with Crippen LogP contribution in [0.4, 0.5) is 5.69 Å². The first-order valence-electron chi connectivity index (χ1n) is 6.01. The predicted molar refractivity (Wildman–Crippen MR) is 81.6 cm³/mol. The number of hydrogen-bond acceptors (Lipinski definition) is 3. The van der Waals surface area contributed by atoms with Crippen molar-refractivity contribution in [1.29, 1.82) is 0 Å². The first-order valence-corrected chi connectivity index (χ1v) is 6.80. The van der Waals surface area contributed by atoms with E-state index in [0.29, 0.717) is 16.8 Å². The second kappa shape index (κ2) is 5.38. The van der Waals surface area contributed by atoms with E-state index in [0.717, 1.165) is 9.99 Å². The third kappa shape index (κ3) is 2.53. The summed E-state index contributed by atoms with van der Waals surface area (Å²) in [6.45, 7) is 0. The number of aromatic nitrogens is 2. The van der Waals surface area contributed by atoms with Gasteiger partial charge in [0.2, 0.25) is 0 Å². The number of hydrogen-bond donors (Lipinski definition) is 1. The number of benzene rings is 1. The molecule has 20 heavy (non-hydrogen) atoms. The molecule has 0 aliphatic rings. The van der Waals surface area contributed by atoms with Crippen LogP contribution < -0.4 is 5.32 Å².